The summed E-state index contributed by atoms with van der Waals surface area (Å²) >= 11 is 0. The summed E-state index contributed by atoms with van der Waals surface area (Å²) < 4.78 is 52.7. The van der Waals surface area contributed by atoms with Crippen molar-refractivity contribution in [3.8, 4) is 6.07 Å². The van der Waals surface area contributed by atoms with Crippen molar-refractivity contribution < 1.29 is 21.4 Å². The minimum absolute atomic E-state index is 0.741. The van der Waals surface area contributed by atoms with Gasteiger partial charge in [-0.15, -0.1) is 0 Å². The lowest BCUT2D eigenvalue weighted by atomic mass is 9.86. The fraction of sp³-hybridized carbons (Fsp3) is 0.444. The predicted molar refractivity (Wildman–Crippen MR) is 52.1 cm³/mol. The summed E-state index contributed by atoms with van der Waals surface area (Å²) in [5, 5.41) is 8.59. The summed E-state index contributed by atoms with van der Waals surface area (Å²) in [5.41, 5.74) is -2.58. The largest absolute Gasteiger partial charge is 0.269 e. The number of allylic oxidation sites excluding steroid dienone is 3. The SMILES string of the molecule is CS(=O)(=O)OCC1C(F)=CC=CC1(F)C#N. The van der Waals surface area contributed by atoms with Crippen LogP contribution < -0.4 is 0 Å². The van der Waals surface area contributed by atoms with Crippen LogP contribution in [0.4, 0.5) is 8.78 Å². The van der Waals surface area contributed by atoms with Gasteiger partial charge in [0, 0.05) is 0 Å². The van der Waals surface area contributed by atoms with E-state index < -0.39 is 34.1 Å². The molecular formula is C9H9F2NO3S. The molecule has 16 heavy (non-hydrogen) atoms. The Balaban J connectivity index is 2.89. The molecule has 0 saturated carbocycles. The first-order valence-corrected chi connectivity index (χ1v) is 6.09. The molecule has 0 N–H and O–H groups in total. The van der Waals surface area contributed by atoms with Gasteiger partial charge in [-0.2, -0.15) is 13.7 Å². The van der Waals surface area contributed by atoms with E-state index in [9.17, 15) is 17.2 Å². The summed E-state index contributed by atoms with van der Waals surface area (Å²) in [6.07, 6.45) is 3.66. The Bertz CT molecular complexity index is 477. The highest BCUT2D eigenvalue weighted by Gasteiger charge is 2.42. The Morgan fingerprint density at radius 3 is 2.81 bits per heavy atom. The van der Waals surface area contributed by atoms with Crippen LogP contribution in [0.15, 0.2) is 24.1 Å². The number of nitrogens with zero attached hydrogens (tertiary/aromatic N) is 1. The fourth-order valence-corrected chi connectivity index (χ4v) is 1.60. The number of alkyl halides is 1. The molecule has 4 nitrogen and oxygen atoms in total. The van der Waals surface area contributed by atoms with Gasteiger partial charge in [0.05, 0.1) is 18.8 Å². The zero-order valence-corrected chi connectivity index (χ0v) is 9.17. The van der Waals surface area contributed by atoms with Crippen LogP contribution in [0, 0.1) is 17.2 Å². The van der Waals surface area contributed by atoms with Gasteiger partial charge < -0.3 is 0 Å². The molecule has 0 aliphatic heterocycles. The van der Waals surface area contributed by atoms with Crippen LogP contribution in [0.5, 0.6) is 0 Å². The van der Waals surface area contributed by atoms with Crippen LogP contribution in [0.1, 0.15) is 0 Å². The maximum atomic E-state index is 13.8. The maximum absolute atomic E-state index is 13.8. The Morgan fingerprint density at radius 2 is 2.31 bits per heavy atom. The molecule has 0 heterocycles. The van der Waals surface area contributed by atoms with E-state index in [1.165, 1.54) is 6.07 Å². The maximum Gasteiger partial charge on any atom is 0.264 e. The summed E-state index contributed by atoms with van der Waals surface area (Å²) in [6.45, 7) is -0.741. The van der Waals surface area contributed by atoms with Gasteiger partial charge in [0.15, 0.2) is 0 Å². The van der Waals surface area contributed by atoms with E-state index in [0.717, 1.165) is 24.5 Å². The van der Waals surface area contributed by atoms with Crippen molar-refractivity contribution in [2.75, 3.05) is 12.9 Å². The van der Waals surface area contributed by atoms with Crippen molar-refractivity contribution >= 4 is 10.1 Å². The number of rotatable bonds is 3. The van der Waals surface area contributed by atoms with Crippen LogP contribution in [0.25, 0.3) is 0 Å². The van der Waals surface area contributed by atoms with E-state index in [1.54, 1.807) is 0 Å². The first-order valence-electron chi connectivity index (χ1n) is 4.28. The summed E-state index contributed by atoms with van der Waals surface area (Å²) in [4.78, 5) is 0. The lowest BCUT2D eigenvalue weighted by Gasteiger charge is -2.25. The van der Waals surface area contributed by atoms with Crippen molar-refractivity contribution in [1.82, 2.24) is 0 Å². The zero-order valence-electron chi connectivity index (χ0n) is 8.35. The number of hydrogen-bond acceptors (Lipinski definition) is 4. The molecule has 0 spiro atoms. The van der Waals surface area contributed by atoms with Crippen LogP contribution in [-0.2, 0) is 14.3 Å². The molecule has 0 aromatic heterocycles. The summed E-state index contributed by atoms with van der Waals surface area (Å²) in [6, 6.07) is 1.29. The fourth-order valence-electron chi connectivity index (χ4n) is 1.22. The highest BCUT2D eigenvalue weighted by molar-refractivity contribution is 7.85. The van der Waals surface area contributed by atoms with Crippen LogP contribution in [0.2, 0.25) is 0 Å². The van der Waals surface area contributed by atoms with E-state index in [0.29, 0.717) is 0 Å². The van der Waals surface area contributed by atoms with Crippen LogP contribution >= 0.6 is 0 Å². The molecule has 1 aliphatic rings. The van der Waals surface area contributed by atoms with Crippen molar-refractivity contribution in [2.45, 2.75) is 5.67 Å². The van der Waals surface area contributed by atoms with Gasteiger partial charge in [-0.25, -0.2) is 8.78 Å². The van der Waals surface area contributed by atoms with Crippen molar-refractivity contribution in [3.63, 3.8) is 0 Å². The molecule has 1 rings (SSSR count). The first-order chi connectivity index (χ1) is 7.28. The van der Waals surface area contributed by atoms with Gasteiger partial charge in [-0.3, -0.25) is 4.18 Å². The van der Waals surface area contributed by atoms with Gasteiger partial charge >= 0.3 is 0 Å². The van der Waals surface area contributed by atoms with Gasteiger partial charge in [-0.05, 0) is 12.2 Å². The topological polar surface area (TPSA) is 67.2 Å². The lowest BCUT2D eigenvalue weighted by Crippen LogP contribution is -2.35. The molecule has 0 aromatic rings. The molecule has 0 aromatic carbocycles. The Morgan fingerprint density at radius 1 is 1.69 bits per heavy atom. The average molecular weight is 249 g/mol. The summed E-state index contributed by atoms with van der Waals surface area (Å²) in [7, 11) is -3.80. The third-order valence-corrected chi connectivity index (χ3v) is 2.62. The van der Waals surface area contributed by atoms with Gasteiger partial charge in [-0.1, -0.05) is 6.08 Å². The average Bonchev–Trinajstić information content (AvgIpc) is 2.15. The highest BCUT2D eigenvalue weighted by atomic mass is 32.2. The predicted octanol–water partition coefficient (Wildman–Crippen LogP) is 1.23. The number of halogens is 2. The second kappa shape index (κ2) is 4.31. The van der Waals surface area contributed by atoms with Crippen LogP contribution in [0.3, 0.4) is 0 Å². The molecule has 88 valence electrons. The van der Waals surface area contributed by atoms with E-state index in [-0.39, 0.29) is 0 Å². The summed E-state index contributed by atoms with van der Waals surface area (Å²) in [5.74, 6) is -2.48. The molecule has 0 saturated heterocycles. The molecular weight excluding hydrogens is 240 g/mol. The molecule has 2 unspecified atom stereocenters. The smallest absolute Gasteiger partial charge is 0.264 e. The lowest BCUT2D eigenvalue weighted by molar-refractivity contribution is 0.143. The standard InChI is InChI=1S/C9H9F2NO3S/c1-16(13,14)15-5-7-8(10)3-2-4-9(7,11)6-12/h2-4,7H,5H2,1H3. The Labute approximate surface area is 91.9 Å². The normalized spacial score (nSPS) is 29.6. The minimum Gasteiger partial charge on any atom is -0.269 e. The number of nitriles is 1. The van der Waals surface area contributed by atoms with Crippen molar-refractivity contribution in [2.24, 2.45) is 5.92 Å². The van der Waals surface area contributed by atoms with Crippen molar-refractivity contribution in [1.29, 1.82) is 5.26 Å². The monoisotopic (exact) mass is 249 g/mol. The van der Waals surface area contributed by atoms with E-state index in [2.05, 4.69) is 4.18 Å². The molecule has 1 aliphatic carbocycles. The Hall–Kier alpha value is -1.26. The molecule has 0 fully saturated rings. The third-order valence-electron chi connectivity index (χ3n) is 2.05. The quantitative estimate of drug-likeness (QED) is 0.705. The zero-order chi connectivity index (χ0) is 12.4. The first kappa shape index (κ1) is 12.8. The molecule has 0 amide bonds. The Kier molecular flexibility index (Phi) is 3.45. The number of hydrogen-bond donors (Lipinski definition) is 0. The van der Waals surface area contributed by atoms with E-state index >= 15 is 0 Å². The molecule has 7 heteroatoms. The molecule has 0 radical (unpaired) electrons. The molecule has 2 atom stereocenters. The second-order valence-electron chi connectivity index (χ2n) is 3.33. The van der Waals surface area contributed by atoms with Gasteiger partial charge in [0.25, 0.3) is 10.1 Å². The minimum atomic E-state index is -3.80. The highest BCUT2D eigenvalue weighted by Crippen LogP contribution is 2.34. The third kappa shape index (κ3) is 2.87. The van der Waals surface area contributed by atoms with Crippen LogP contribution in [-0.4, -0.2) is 26.9 Å². The van der Waals surface area contributed by atoms with Gasteiger partial charge in [0.2, 0.25) is 5.67 Å². The van der Waals surface area contributed by atoms with Crippen molar-refractivity contribution in [3.05, 3.63) is 24.1 Å². The van der Waals surface area contributed by atoms with Gasteiger partial charge in [0.1, 0.15) is 11.9 Å². The van der Waals surface area contributed by atoms with E-state index in [4.69, 9.17) is 5.26 Å². The second-order valence-corrected chi connectivity index (χ2v) is 4.98. The van der Waals surface area contributed by atoms with E-state index in [1.807, 2.05) is 0 Å². The molecule has 0 bridgehead atoms.